The number of anilines is 2. The summed E-state index contributed by atoms with van der Waals surface area (Å²) in [7, 11) is 0. The van der Waals surface area contributed by atoms with Crippen LogP contribution >= 0.6 is 0 Å². The summed E-state index contributed by atoms with van der Waals surface area (Å²) in [5, 5.41) is 10.3. The maximum atomic E-state index is 13.0. The lowest BCUT2D eigenvalue weighted by atomic mass is 10.2. The minimum atomic E-state index is -0.463. The van der Waals surface area contributed by atoms with E-state index in [9.17, 15) is 14.0 Å². The van der Waals surface area contributed by atoms with Crippen LogP contribution in [0.5, 0.6) is 0 Å². The number of nitrogens with zero attached hydrogens (tertiary/aromatic N) is 2. The van der Waals surface area contributed by atoms with Gasteiger partial charge in [-0.05, 0) is 42.5 Å². The van der Waals surface area contributed by atoms with Gasteiger partial charge in [0.1, 0.15) is 12.4 Å². The second kappa shape index (κ2) is 9.57. The summed E-state index contributed by atoms with van der Waals surface area (Å²) in [5.74, 6) is -0.615. The Bertz CT molecular complexity index is 1270. The van der Waals surface area contributed by atoms with Crippen LogP contribution in [-0.4, -0.2) is 22.7 Å². The van der Waals surface area contributed by atoms with Crippen molar-refractivity contribution in [1.29, 1.82) is 0 Å². The summed E-state index contributed by atoms with van der Waals surface area (Å²) < 4.78 is 14.8. The van der Waals surface area contributed by atoms with Crippen molar-refractivity contribution in [2.75, 3.05) is 10.6 Å². The molecule has 7 nitrogen and oxygen atoms in total. The van der Waals surface area contributed by atoms with Gasteiger partial charge in [-0.25, -0.2) is 14.6 Å². The maximum absolute atomic E-state index is 13.0. The first kappa shape index (κ1) is 20.8. The number of carbonyl (C=O) groups excluding carboxylic acids is 2. The Labute approximate surface area is 183 Å². The van der Waals surface area contributed by atoms with Crippen LogP contribution in [0.2, 0.25) is 0 Å². The van der Waals surface area contributed by atoms with Gasteiger partial charge in [-0.3, -0.25) is 4.79 Å². The van der Waals surface area contributed by atoms with Gasteiger partial charge in [0.15, 0.2) is 0 Å². The van der Waals surface area contributed by atoms with E-state index in [1.54, 1.807) is 22.9 Å². The molecule has 0 aliphatic carbocycles. The Kier molecular flexibility index (Phi) is 6.22. The van der Waals surface area contributed by atoms with Crippen molar-refractivity contribution in [3.05, 3.63) is 96.4 Å². The number of benzene rings is 3. The third kappa shape index (κ3) is 5.17. The minimum Gasteiger partial charge on any atom is -0.337 e. The highest BCUT2D eigenvalue weighted by Gasteiger charge is 2.10. The molecule has 0 radical (unpaired) electrons. The number of carbonyl (C=O) groups is 2. The largest absolute Gasteiger partial charge is 0.339 e. The number of para-hydroxylation sites is 2. The van der Waals surface area contributed by atoms with Crippen molar-refractivity contribution in [1.82, 2.24) is 9.99 Å². The molecule has 0 aliphatic heterocycles. The van der Waals surface area contributed by atoms with Crippen LogP contribution in [0.3, 0.4) is 0 Å². The molecule has 1 heterocycles. The van der Waals surface area contributed by atoms with Crippen LogP contribution in [0.1, 0.15) is 5.56 Å². The van der Waals surface area contributed by atoms with Gasteiger partial charge in [0.25, 0.3) is 0 Å². The zero-order chi connectivity index (χ0) is 22.3. The average molecular weight is 429 g/mol. The Balaban J connectivity index is 1.45. The Morgan fingerprint density at radius 3 is 2.34 bits per heavy atom. The molecule has 4 aromatic rings. The maximum Gasteiger partial charge on any atom is 0.339 e. The predicted molar refractivity (Wildman–Crippen MR) is 123 cm³/mol. The van der Waals surface area contributed by atoms with E-state index in [1.807, 2.05) is 42.5 Å². The van der Waals surface area contributed by atoms with E-state index < -0.39 is 6.03 Å². The number of rotatable bonds is 6. The number of fused-ring (bicyclic) bond motifs is 1. The van der Waals surface area contributed by atoms with Crippen molar-refractivity contribution in [2.24, 2.45) is 5.10 Å². The SMILES string of the molecule is O=C(Cn1cc(/C=N/NC(=O)Nc2ccccc2)c2ccccc21)Nc1ccc(F)cc1. The van der Waals surface area contributed by atoms with Gasteiger partial charge in [-0.15, -0.1) is 0 Å². The molecule has 32 heavy (non-hydrogen) atoms. The summed E-state index contributed by atoms with van der Waals surface area (Å²) in [6, 6.07) is 21.7. The fourth-order valence-electron chi connectivity index (χ4n) is 3.24. The van der Waals surface area contributed by atoms with Crippen molar-refractivity contribution >= 4 is 40.4 Å². The average Bonchev–Trinajstić information content (AvgIpc) is 3.13. The van der Waals surface area contributed by atoms with Crippen molar-refractivity contribution < 1.29 is 14.0 Å². The van der Waals surface area contributed by atoms with Crippen molar-refractivity contribution in [2.45, 2.75) is 6.54 Å². The summed E-state index contributed by atoms with van der Waals surface area (Å²) in [4.78, 5) is 24.5. The normalized spacial score (nSPS) is 10.9. The molecule has 0 bridgehead atoms. The monoisotopic (exact) mass is 429 g/mol. The molecule has 0 aliphatic rings. The van der Waals surface area contributed by atoms with Crippen LogP contribution in [0, 0.1) is 5.82 Å². The number of hydrogen-bond donors (Lipinski definition) is 3. The smallest absolute Gasteiger partial charge is 0.337 e. The molecule has 8 heteroatoms. The first-order valence-corrected chi connectivity index (χ1v) is 9.87. The fourth-order valence-corrected chi connectivity index (χ4v) is 3.24. The summed E-state index contributed by atoms with van der Waals surface area (Å²) >= 11 is 0. The lowest BCUT2D eigenvalue weighted by Crippen LogP contribution is -2.24. The molecule has 160 valence electrons. The number of hydrogen-bond acceptors (Lipinski definition) is 3. The molecule has 3 N–H and O–H groups in total. The van der Waals surface area contributed by atoms with Gasteiger partial charge in [0, 0.05) is 34.0 Å². The highest BCUT2D eigenvalue weighted by molar-refractivity contribution is 6.01. The van der Waals surface area contributed by atoms with Gasteiger partial charge in [0.2, 0.25) is 5.91 Å². The van der Waals surface area contributed by atoms with E-state index in [-0.39, 0.29) is 18.3 Å². The number of amides is 3. The van der Waals surface area contributed by atoms with Crippen molar-refractivity contribution in [3.8, 4) is 0 Å². The van der Waals surface area contributed by atoms with E-state index in [2.05, 4.69) is 21.2 Å². The van der Waals surface area contributed by atoms with E-state index in [4.69, 9.17) is 0 Å². The van der Waals surface area contributed by atoms with Gasteiger partial charge < -0.3 is 15.2 Å². The Morgan fingerprint density at radius 1 is 0.875 bits per heavy atom. The van der Waals surface area contributed by atoms with E-state index in [0.717, 1.165) is 16.5 Å². The van der Waals surface area contributed by atoms with Crippen LogP contribution < -0.4 is 16.1 Å². The molecule has 1 aromatic heterocycles. The molecule has 0 atom stereocenters. The molecule has 3 amide bonds. The van der Waals surface area contributed by atoms with Gasteiger partial charge in [-0.1, -0.05) is 36.4 Å². The highest BCUT2D eigenvalue weighted by atomic mass is 19.1. The van der Waals surface area contributed by atoms with Crippen LogP contribution in [0.15, 0.2) is 90.2 Å². The van der Waals surface area contributed by atoms with Gasteiger partial charge in [0.05, 0.1) is 6.21 Å². The summed E-state index contributed by atoms with van der Waals surface area (Å²) in [5.41, 5.74) is 5.20. The first-order chi connectivity index (χ1) is 15.6. The molecule has 4 rings (SSSR count). The highest BCUT2D eigenvalue weighted by Crippen LogP contribution is 2.20. The quantitative estimate of drug-likeness (QED) is 0.310. The van der Waals surface area contributed by atoms with Crippen LogP contribution in [0.4, 0.5) is 20.6 Å². The van der Waals surface area contributed by atoms with Crippen molar-refractivity contribution in [3.63, 3.8) is 0 Å². The number of aromatic nitrogens is 1. The number of nitrogens with one attached hydrogen (secondary N) is 3. The third-order valence-corrected chi connectivity index (χ3v) is 4.66. The summed E-state index contributed by atoms with van der Waals surface area (Å²) in [6.07, 6.45) is 3.32. The van der Waals surface area contributed by atoms with E-state index >= 15 is 0 Å². The molecule has 0 fully saturated rings. The third-order valence-electron chi connectivity index (χ3n) is 4.66. The number of hydrazone groups is 1. The van der Waals surface area contributed by atoms with Gasteiger partial charge >= 0.3 is 6.03 Å². The molecule has 0 saturated heterocycles. The molecule has 3 aromatic carbocycles. The lowest BCUT2D eigenvalue weighted by molar-refractivity contribution is -0.116. The Morgan fingerprint density at radius 2 is 1.56 bits per heavy atom. The standard InChI is InChI=1S/C24H20FN5O2/c25-18-10-12-20(13-11-18)27-23(31)16-30-15-17(21-8-4-5-9-22(21)30)14-26-29-24(32)28-19-6-2-1-3-7-19/h1-15H,16H2,(H,27,31)(H2,28,29,32)/b26-14+. The second-order valence-electron chi connectivity index (χ2n) is 6.97. The minimum absolute atomic E-state index is 0.0631. The van der Waals surface area contributed by atoms with Gasteiger partial charge in [-0.2, -0.15) is 5.10 Å². The molecule has 0 unspecified atom stereocenters. The zero-order valence-corrected chi connectivity index (χ0v) is 17.0. The first-order valence-electron chi connectivity index (χ1n) is 9.87. The molecule has 0 spiro atoms. The molecular weight excluding hydrogens is 409 g/mol. The lowest BCUT2D eigenvalue weighted by Gasteiger charge is -2.07. The second-order valence-corrected chi connectivity index (χ2v) is 6.97. The number of halogens is 1. The molecular formula is C24H20FN5O2. The predicted octanol–water partition coefficient (Wildman–Crippen LogP) is 4.57. The summed E-state index contributed by atoms with van der Waals surface area (Å²) in [6.45, 7) is 0.0631. The zero-order valence-electron chi connectivity index (χ0n) is 17.0. The molecule has 0 saturated carbocycles. The topological polar surface area (TPSA) is 87.5 Å². The fraction of sp³-hybridized carbons (Fsp3) is 0.0417. The van der Waals surface area contributed by atoms with Crippen LogP contribution in [0.25, 0.3) is 10.9 Å². The Hall–Kier alpha value is -4.46. The number of urea groups is 1. The van der Waals surface area contributed by atoms with E-state index in [0.29, 0.717) is 11.4 Å². The van der Waals surface area contributed by atoms with Crippen LogP contribution in [-0.2, 0) is 11.3 Å². The van der Waals surface area contributed by atoms with E-state index in [1.165, 1.54) is 30.5 Å².